The van der Waals surface area contributed by atoms with Crippen molar-refractivity contribution in [2.24, 2.45) is 5.92 Å². The van der Waals surface area contributed by atoms with Crippen LogP contribution in [-0.4, -0.2) is 0 Å². The first-order valence-electron chi connectivity index (χ1n) is 13.3. The summed E-state index contributed by atoms with van der Waals surface area (Å²) in [6.45, 7) is 5.00. The van der Waals surface area contributed by atoms with Gasteiger partial charge in [0.1, 0.15) is 0 Å². The summed E-state index contributed by atoms with van der Waals surface area (Å²) in [4.78, 5) is 0. The van der Waals surface area contributed by atoms with E-state index in [1.165, 1.54) is 69.5 Å². The van der Waals surface area contributed by atoms with Gasteiger partial charge in [-0.15, -0.1) is 0 Å². The minimum Gasteiger partial charge on any atom is -0.0622 e. The third kappa shape index (κ3) is 2.99. The lowest BCUT2D eigenvalue weighted by atomic mass is 9.69. The van der Waals surface area contributed by atoms with Crippen LogP contribution in [0, 0.1) is 5.92 Å². The summed E-state index contributed by atoms with van der Waals surface area (Å²) in [5.74, 6) is 1.43. The predicted octanol–water partition coefficient (Wildman–Crippen LogP) is 9.89. The monoisotopic (exact) mass is 452 g/mol. The van der Waals surface area contributed by atoms with Gasteiger partial charge in [0.2, 0.25) is 0 Å². The second kappa shape index (κ2) is 7.82. The highest BCUT2D eigenvalue weighted by Gasteiger charge is 2.47. The smallest absolute Gasteiger partial charge is 0.00234 e. The molecule has 5 aromatic carbocycles. The van der Waals surface area contributed by atoms with E-state index in [0.717, 1.165) is 5.92 Å². The minimum absolute atomic E-state index is 0.242. The molecule has 0 heteroatoms. The largest absolute Gasteiger partial charge is 0.0622 e. The van der Waals surface area contributed by atoms with Crippen molar-refractivity contribution in [2.45, 2.75) is 50.9 Å². The molecule has 2 unspecified atom stereocenters. The van der Waals surface area contributed by atoms with Crippen molar-refractivity contribution in [1.82, 2.24) is 0 Å². The van der Waals surface area contributed by atoms with Gasteiger partial charge in [0.15, 0.2) is 0 Å². The zero-order valence-electron chi connectivity index (χ0n) is 20.7. The molecule has 0 aromatic heterocycles. The van der Waals surface area contributed by atoms with Gasteiger partial charge in [-0.2, -0.15) is 0 Å². The number of benzene rings is 5. The van der Waals surface area contributed by atoms with Crippen LogP contribution < -0.4 is 0 Å². The SMILES string of the molecule is CC1(C)c2cccc(-c3c4ccccc4c(-c4ccccc4)c4ccccc34)c2C2CCCCC21. The Kier molecular flexibility index (Phi) is 4.68. The maximum absolute atomic E-state index is 2.50. The molecule has 0 spiro atoms. The van der Waals surface area contributed by atoms with Gasteiger partial charge in [-0.05, 0) is 85.0 Å². The van der Waals surface area contributed by atoms with Crippen LogP contribution in [0.2, 0.25) is 0 Å². The molecular weight excluding hydrogens is 420 g/mol. The van der Waals surface area contributed by atoms with Crippen molar-refractivity contribution in [3.05, 3.63) is 108 Å². The summed E-state index contributed by atoms with van der Waals surface area (Å²) < 4.78 is 0. The third-order valence-corrected chi connectivity index (χ3v) is 9.13. The van der Waals surface area contributed by atoms with Crippen LogP contribution in [0.5, 0.6) is 0 Å². The molecule has 1 fully saturated rings. The average molecular weight is 453 g/mol. The molecule has 5 aromatic rings. The molecule has 2 aliphatic rings. The Hall–Kier alpha value is -3.38. The Morgan fingerprint density at radius 2 is 1.14 bits per heavy atom. The first-order valence-corrected chi connectivity index (χ1v) is 13.3. The first-order chi connectivity index (χ1) is 17.2. The molecule has 2 atom stereocenters. The molecule has 0 saturated heterocycles. The van der Waals surface area contributed by atoms with Crippen molar-refractivity contribution < 1.29 is 0 Å². The van der Waals surface area contributed by atoms with Crippen molar-refractivity contribution in [3.8, 4) is 22.3 Å². The molecule has 172 valence electrons. The van der Waals surface area contributed by atoms with Gasteiger partial charge in [-0.1, -0.05) is 124 Å². The van der Waals surface area contributed by atoms with Crippen molar-refractivity contribution in [2.75, 3.05) is 0 Å². The van der Waals surface area contributed by atoms with E-state index in [2.05, 4.69) is 111 Å². The first kappa shape index (κ1) is 20.9. The molecule has 0 N–H and O–H groups in total. The second-order valence-corrected chi connectivity index (χ2v) is 11.2. The van der Waals surface area contributed by atoms with Gasteiger partial charge in [0.25, 0.3) is 0 Å². The van der Waals surface area contributed by atoms with Gasteiger partial charge < -0.3 is 0 Å². The number of fused-ring (bicyclic) bond motifs is 5. The van der Waals surface area contributed by atoms with Crippen LogP contribution in [0.1, 0.15) is 56.6 Å². The lowest BCUT2D eigenvalue weighted by Crippen LogP contribution is -2.28. The van der Waals surface area contributed by atoms with E-state index in [-0.39, 0.29) is 5.41 Å². The summed E-state index contributed by atoms with van der Waals surface area (Å²) in [5, 5.41) is 5.44. The number of rotatable bonds is 2. The molecule has 0 heterocycles. The fraction of sp³-hybridized carbons (Fsp3) is 0.257. The summed E-state index contributed by atoms with van der Waals surface area (Å²) in [7, 11) is 0. The molecule has 0 nitrogen and oxygen atoms in total. The van der Waals surface area contributed by atoms with E-state index in [1.807, 2.05) is 0 Å². The highest BCUT2D eigenvalue weighted by Crippen LogP contribution is 2.59. The Labute approximate surface area is 208 Å². The molecule has 0 radical (unpaired) electrons. The van der Waals surface area contributed by atoms with Crippen molar-refractivity contribution >= 4 is 21.5 Å². The highest BCUT2D eigenvalue weighted by molar-refractivity contribution is 6.21. The van der Waals surface area contributed by atoms with E-state index < -0.39 is 0 Å². The van der Waals surface area contributed by atoms with Crippen molar-refractivity contribution in [3.63, 3.8) is 0 Å². The van der Waals surface area contributed by atoms with Crippen LogP contribution in [0.25, 0.3) is 43.8 Å². The highest BCUT2D eigenvalue weighted by atomic mass is 14.5. The second-order valence-electron chi connectivity index (χ2n) is 11.2. The molecule has 7 rings (SSSR count). The molecule has 0 aliphatic heterocycles. The van der Waals surface area contributed by atoms with Crippen molar-refractivity contribution in [1.29, 1.82) is 0 Å². The number of hydrogen-bond acceptors (Lipinski definition) is 0. The molecule has 35 heavy (non-hydrogen) atoms. The van der Waals surface area contributed by atoms with Crippen LogP contribution in [-0.2, 0) is 5.41 Å². The maximum Gasteiger partial charge on any atom is -0.00234 e. The molecular formula is C35H32. The zero-order chi connectivity index (χ0) is 23.6. The topological polar surface area (TPSA) is 0 Å². The normalized spacial score (nSPS) is 20.6. The third-order valence-electron chi connectivity index (χ3n) is 9.13. The minimum atomic E-state index is 0.242. The van der Waals surface area contributed by atoms with Gasteiger partial charge in [0, 0.05) is 0 Å². The molecule has 2 aliphatic carbocycles. The van der Waals surface area contributed by atoms with Gasteiger partial charge >= 0.3 is 0 Å². The summed E-state index contributed by atoms with van der Waals surface area (Å²) in [6.07, 6.45) is 5.43. The predicted molar refractivity (Wildman–Crippen MR) is 150 cm³/mol. The Bertz CT molecular complexity index is 1510. The van der Waals surface area contributed by atoms with E-state index in [1.54, 1.807) is 11.1 Å². The van der Waals surface area contributed by atoms with Crippen LogP contribution >= 0.6 is 0 Å². The Morgan fingerprint density at radius 3 is 1.80 bits per heavy atom. The van der Waals surface area contributed by atoms with E-state index >= 15 is 0 Å². The van der Waals surface area contributed by atoms with E-state index in [0.29, 0.717) is 5.92 Å². The number of hydrogen-bond donors (Lipinski definition) is 0. The Morgan fingerprint density at radius 1 is 0.571 bits per heavy atom. The quantitative estimate of drug-likeness (QED) is 0.234. The van der Waals surface area contributed by atoms with Crippen LogP contribution in [0.15, 0.2) is 97.1 Å². The summed E-state index contributed by atoms with van der Waals surface area (Å²) >= 11 is 0. The van der Waals surface area contributed by atoms with E-state index in [9.17, 15) is 0 Å². The molecule has 0 bridgehead atoms. The van der Waals surface area contributed by atoms with E-state index in [4.69, 9.17) is 0 Å². The summed E-state index contributed by atoms with van der Waals surface area (Å²) in [5.41, 5.74) is 9.01. The molecule has 0 amide bonds. The zero-order valence-corrected chi connectivity index (χ0v) is 20.7. The lowest BCUT2D eigenvalue weighted by Gasteiger charge is -2.35. The van der Waals surface area contributed by atoms with Crippen LogP contribution in [0.3, 0.4) is 0 Å². The Balaban J connectivity index is 1.62. The summed E-state index contributed by atoms with van der Waals surface area (Å²) in [6, 6.07) is 36.3. The van der Waals surface area contributed by atoms with Gasteiger partial charge in [0.05, 0.1) is 0 Å². The molecule has 1 saturated carbocycles. The fourth-order valence-electron chi connectivity index (χ4n) is 7.62. The average Bonchev–Trinajstić information content (AvgIpc) is 3.15. The standard InChI is InChI=1S/C35H32/c1-35(2)30-21-11-10-19-28(30)34-29(20-12-22-31(34)35)33-26-17-8-6-15-24(26)32(23-13-4-3-5-14-23)25-16-7-9-18-27(25)33/h3-9,12-18,20,22,28,30H,10-11,19,21H2,1-2H3. The van der Waals surface area contributed by atoms with Crippen LogP contribution in [0.4, 0.5) is 0 Å². The maximum atomic E-state index is 2.50. The van der Waals surface area contributed by atoms with Gasteiger partial charge in [-0.25, -0.2) is 0 Å². The lowest BCUT2D eigenvalue weighted by molar-refractivity contribution is 0.233. The fourth-order valence-corrected chi connectivity index (χ4v) is 7.62. The van der Waals surface area contributed by atoms with Gasteiger partial charge in [-0.3, -0.25) is 0 Å².